The Morgan fingerprint density at radius 1 is 1.19 bits per heavy atom. The van der Waals surface area contributed by atoms with Gasteiger partial charge < -0.3 is 4.90 Å². The largest absolute Gasteiger partial charge is 0.339 e. The van der Waals surface area contributed by atoms with Crippen molar-refractivity contribution in [1.29, 1.82) is 0 Å². The van der Waals surface area contributed by atoms with Gasteiger partial charge in [0.2, 0.25) is 0 Å². The minimum absolute atomic E-state index is 0.176. The molecule has 0 spiro atoms. The monoisotopic (exact) mass is 351 g/mol. The molecule has 0 unspecified atom stereocenters. The lowest BCUT2D eigenvalue weighted by atomic mass is 10.0. The number of carbonyl (C=O) groups is 1. The Kier molecular flexibility index (Phi) is 6.04. The van der Waals surface area contributed by atoms with E-state index in [0.717, 1.165) is 55.7 Å². The van der Waals surface area contributed by atoms with Crippen molar-refractivity contribution >= 4 is 5.91 Å². The highest BCUT2D eigenvalue weighted by Crippen LogP contribution is 2.20. The third-order valence-electron chi connectivity index (χ3n) is 5.36. The number of nitrogens with zero attached hydrogens (tertiary/aromatic N) is 3. The zero-order valence-corrected chi connectivity index (χ0v) is 16.1. The topological polar surface area (TPSA) is 36.4 Å². The van der Waals surface area contributed by atoms with Crippen LogP contribution in [0, 0.1) is 13.8 Å². The third-order valence-corrected chi connectivity index (χ3v) is 5.36. The highest BCUT2D eigenvalue weighted by Gasteiger charge is 2.24. The molecular formula is C22H29N3O. The summed E-state index contributed by atoms with van der Waals surface area (Å²) in [5, 5.41) is 0. The molecule has 0 saturated carbocycles. The molecule has 4 nitrogen and oxygen atoms in total. The first-order chi connectivity index (χ1) is 12.5. The predicted octanol–water partition coefficient (Wildman–Crippen LogP) is 3.83. The van der Waals surface area contributed by atoms with Crippen LogP contribution in [0.5, 0.6) is 0 Å². The normalized spacial score (nSPS) is 18.0. The van der Waals surface area contributed by atoms with Crippen LogP contribution in [0.15, 0.2) is 42.6 Å². The van der Waals surface area contributed by atoms with E-state index in [4.69, 9.17) is 0 Å². The Hall–Kier alpha value is -2.20. The molecule has 0 aliphatic carbocycles. The molecule has 1 aromatic carbocycles. The van der Waals surface area contributed by atoms with Crippen LogP contribution in [-0.2, 0) is 6.54 Å². The number of aromatic nitrogens is 1. The van der Waals surface area contributed by atoms with Crippen molar-refractivity contribution in [1.82, 2.24) is 14.8 Å². The first-order valence-electron chi connectivity index (χ1n) is 9.51. The molecule has 0 bridgehead atoms. The smallest absolute Gasteiger partial charge is 0.254 e. The maximum Gasteiger partial charge on any atom is 0.254 e. The Labute approximate surface area is 156 Å². The van der Waals surface area contributed by atoms with E-state index >= 15 is 0 Å². The molecule has 1 saturated heterocycles. The van der Waals surface area contributed by atoms with Crippen molar-refractivity contribution in [2.45, 2.75) is 45.7 Å². The molecule has 26 heavy (non-hydrogen) atoms. The van der Waals surface area contributed by atoms with E-state index in [0.29, 0.717) is 6.04 Å². The van der Waals surface area contributed by atoms with Gasteiger partial charge in [-0.1, -0.05) is 23.8 Å². The molecule has 1 atom stereocenters. The summed E-state index contributed by atoms with van der Waals surface area (Å²) in [4.78, 5) is 21.8. The first kappa shape index (κ1) is 18.6. The van der Waals surface area contributed by atoms with Crippen LogP contribution in [-0.4, -0.2) is 46.9 Å². The molecule has 138 valence electrons. The molecular weight excluding hydrogens is 322 g/mol. The minimum Gasteiger partial charge on any atom is -0.339 e. The standard InChI is InChI=1S/C22H29N3O/c1-17-9-10-21(18(2)15-17)22(26)25-13-6-8-20(11-14-25)24(3)16-19-7-4-5-12-23-19/h4-5,7,9-10,12,15,20H,6,8,11,13-14,16H2,1-3H3/t20-/m1/s1. The fraction of sp³-hybridized carbons (Fsp3) is 0.455. The van der Waals surface area contributed by atoms with E-state index in [1.165, 1.54) is 5.56 Å². The molecule has 1 amide bonds. The maximum absolute atomic E-state index is 13.0. The number of benzene rings is 1. The highest BCUT2D eigenvalue weighted by atomic mass is 16.2. The number of aryl methyl sites for hydroxylation is 2. The quantitative estimate of drug-likeness (QED) is 0.840. The highest BCUT2D eigenvalue weighted by molar-refractivity contribution is 5.95. The Morgan fingerprint density at radius 3 is 2.77 bits per heavy atom. The van der Waals surface area contributed by atoms with Gasteiger partial charge in [0.15, 0.2) is 0 Å². The SMILES string of the molecule is Cc1ccc(C(=O)N2CCC[C@@H](N(C)Cc3ccccn3)CC2)c(C)c1. The van der Waals surface area contributed by atoms with Gasteiger partial charge in [-0.15, -0.1) is 0 Å². The summed E-state index contributed by atoms with van der Waals surface area (Å²) >= 11 is 0. The zero-order valence-electron chi connectivity index (χ0n) is 16.1. The summed E-state index contributed by atoms with van der Waals surface area (Å²) in [7, 11) is 2.17. The van der Waals surface area contributed by atoms with E-state index in [-0.39, 0.29) is 5.91 Å². The van der Waals surface area contributed by atoms with E-state index in [2.05, 4.69) is 36.0 Å². The molecule has 0 N–H and O–H groups in total. The van der Waals surface area contributed by atoms with E-state index in [9.17, 15) is 4.79 Å². The number of pyridine rings is 1. The Bertz CT molecular complexity index is 744. The van der Waals surface area contributed by atoms with Crippen molar-refractivity contribution in [3.05, 3.63) is 65.0 Å². The van der Waals surface area contributed by atoms with Crippen LogP contribution < -0.4 is 0 Å². The van der Waals surface area contributed by atoms with Gasteiger partial charge >= 0.3 is 0 Å². The molecule has 2 aromatic rings. The molecule has 4 heteroatoms. The molecule has 2 heterocycles. The summed E-state index contributed by atoms with van der Waals surface area (Å²) in [6.07, 6.45) is 5.04. The lowest BCUT2D eigenvalue weighted by Gasteiger charge is -2.27. The van der Waals surface area contributed by atoms with E-state index in [1.807, 2.05) is 42.3 Å². The van der Waals surface area contributed by atoms with Crippen LogP contribution >= 0.6 is 0 Å². The van der Waals surface area contributed by atoms with Crippen molar-refractivity contribution in [3.8, 4) is 0 Å². The van der Waals surface area contributed by atoms with Crippen molar-refractivity contribution in [2.75, 3.05) is 20.1 Å². The maximum atomic E-state index is 13.0. The Morgan fingerprint density at radius 2 is 2.04 bits per heavy atom. The molecule has 1 aromatic heterocycles. The summed E-state index contributed by atoms with van der Waals surface area (Å²) in [6.45, 7) is 6.62. The number of hydrogen-bond donors (Lipinski definition) is 0. The van der Waals surface area contributed by atoms with Gasteiger partial charge in [0, 0.05) is 37.4 Å². The van der Waals surface area contributed by atoms with Crippen LogP contribution in [0.25, 0.3) is 0 Å². The summed E-state index contributed by atoms with van der Waals surface area (Å²) < 4.78 is 0. The predicted molar refractivity (Wildman–Crippen MR) is 105 cm³/mol. The number of hydrogen-bond acceptors (Lipinski definition) is 3. The van der Waals surface area contributed by atoms with Crippen LogP contribution in [0.4, 0.5) is 0 Å². The van der Waals surface area contributed by atoms with Gasteiger partial charge in [-0.05, 0) is 63.9 Å². The Balaban J connectivity index is 1.61. The molecule has 0 radical (unpaired) electrons. The van der Waals surface area contributed by atoms with Gasteiger partial charge in [-0.3, -0.25) is 14.7 Å². The van der Waals surface area contributed by atoms with Gasteiger partial charge in [-0.25, -0.2) is 0 Å². The summed E-state index contributed by atoms with van der Waals surface area (Å²) in [5.74, 6) is 0.176. The second kappa shape index (κ2) is 8.45. The van der Waals surface area contributed by atoms with E-state index in [1.54, 1.807) is 0 Å². The number of rotatable bonds is 4. The van der Waals surface area contributed by atoms with Crippen LogP contribution in [0.1, 0.15) is 46.4 Å². The fourth-order valence-electron chi connectivity index (χ4n) is 3.82. The van der Waals surface area contributed by atoms with Crippen LogP contribution in [0.3, 0.4) is 0 Å². The second-order valence-corrected chi connectivity index (χ2v) is 7.43. The fourth-order valence-corrected chi connectivity index (χ4v) is 3.82. The summed E-state index contributed by atoms with van der Waals surface area (Å²) in [6, 6.07) is 12.6. The molecule has 1 aliphatic heterocycles. The number of amides is 1. The zero-order chi connectivity index (χ0) is 18.5. The lowest BCUT2D eigenvalue weighted by Crippen LogP contribution is -2.35. The molecule has 1 fully saturated rings. The molecule has 3 rings (SSSR count). The summed E-state index contributed by atoms with van der Waals surface area (Å²) in [5.41, 5.74) is 4.22. The van der Waals surface area contributed by atoms with Crippen molar-refractivity contribution in [3.63, 3.8) is 0 Å². The van der Waals surface area contributed by atoms with Gasteiger partial charge in [0.25, 0.3) is 5.91 Å². The first-order valence-corrected chi connectivity index (χ1v) is 9.51. The van der Waals surface area contributed by atoms with Gasteiger partial charge in [0.1, 0.15) is 0 Å². The van der Waals surface area contributed by atoms with Crippen molar-refractivity contribution < 1.29 is 4.79 Å². The second-order valence-electron chi connectivity index (χ2n) is 7.43. The van der Waals surface area contributed by atoms with Crippen LogP contribution in [0.2, 0.25) is 0 Å². The average Bonchev–Trinajstić information content (AvgIpc) is 2.88. The minimum atomic E-state index is 0.176. The van der Waals surface area contributed by atoms with Gasteiger partial charge in [-0.2, -0.15) is 0 Å². The third kappa shape index (κ3) is 4.50. The lowest BCUT2D eigenvalue weighted by molar-refractivity contribution is 0.0756. The van der Waals surface area contributed by atoms with E-state index < -0.39 is 0 Å². The number of carbonyl (C=O) groups excluding carboxylic acids is 1. The molecule has 1 aliphatic rings. The van der Waals surface area contributed by atoms with Crippen molar-refractivity contribution in [2.24, 2.45) is 0 Å². The number of likely N-dealkylation sites (tertiary alicyclic amines) is 1. The average molecular weight is 351 g/mol. The van der Waals surface area contributed by atoms with Gasteiger partial charge in [0.05, 0.1) is 5.69 Å².